The maximum atomic E-state index is 13.4. The molecule has 0 bridgehead atoms. The van der Waals surface area contributed by atoms with Crippen molar-refractivity contribution in [1.29, 1.82) is 0 Å². The van der Waals surface area contributed by atoms with Crippen molar-refractivity contribution < 1.29 is 35.1 Å². The molecule has 3 aromatic rings. The molecular formula is C25H27F3N4O5S3. The number of benzene rings is 2. The van der Waals surface area contributed by atoms with Crippen LogP contribution in [-0.2, 0) is 25.6 Å². The number of aromatic nitrogens is 1. The molecule has 2 N–H and O–H groups in total. The Balaban J connectivity index is 1.64. The second-order valence-electron chi connectivity index (χ2n) is 9.34. The summed E-state index contributed by atoms with van der Waals surface area (Å²) in [5.74, 6) is 0. The lowest BCUT2D eigenvalue weighted by Gasteiger charge is -2.42. The van der Waals surface area contributed by atoms with Gasteiger partial charge in [-0.2, -0.15) is 17.5 Å². The van der Waals surface area contributed by atoms with E-state index in [4.69, 9.17) is 0 Å². The first-order valence-corrected chi connectivity index (χ1v) is 15.4. The van der Waals surface area contributed by atoms with Crippen molar-refractivity contribution in [2.45, 2.75) is 39.4 Å². The van der Waals surface area contributed by atoms with E-state index in [1.807, 2.05) is 0 Å². The van der Waals surface area contributed by atoms with Gasteiger partial charge in [0.1, 0.15) is 4.90 Å². The maximum Gasteiger partial charge on any atom is 0.421 e. The van der Waals surface area contributed by atoms with Crippen LogP contribution in [0.15, 0.2) is 87.7 Å². The summed E-state index contributed by atoms with van der Waals surface area (Å²) in [7, 11) is -7.99. The van der Waals surface area contributed by atoms with Gasteiger partial charge in [0, 0.05) is 49.2 Å². The zero-order valence-corrected chi connectivity index (χ0v) is 23.7. The molecule has 1 aromatic heterocycles. The Hall–Kier alpha value is -2.69. The van der Waals surface area contributed by atoms with Gasteiger partial charge in [-0.25, -0.2) is 21.6 Å². The minimum Gasteiger partial charge on any atom is -0.376 e. The lowest BCUT2D eigenvalue weighted by atomic mass is 9.95. The van der Waals surface area contributed by atoms with Crippen molar-refractivity contribution in [1.82, 2.24) is 14.0 Å². The molecule has 1 fully saturated rings. The van der Waals surface area contributed by atoms with Gasteiger partial charge in [-0.15, -0.1) is 12.6 Å². The SMILES string of the molecule is C[C@@](O)(c1ccc(N2CCN(S(=O)(=O)c3ccccc3S)C[C@@H]2CNS(=O)(=O)c2cccnc2)cc1)C(F)(F)F. The Bertz CT molecular complexity index is 1550. The van der Waals surface area contributed by atoms with Crippen LogP contribution in [0.1, 0.15) is 12.5 Å². The number of rotatable bonds is 8. The average molecular weight is 617 g/mol. The van der Waals surface area contributed by atoms with Crippen molar-refractivity contribution in [2.75, 3.05) is 31.1 Å². The van der Waals surface area contributed by atoms with Gasteiger partial charge in [-0.1, -0.05) is 24.3 Å². The predicted octanol–water partition coefficient (Wildman–Crippen LogP) is 3.00. The maximum absolute atomic E-state index is 13.4. The van der Waals surface area contributed by atoms with Crippen LogP contribution in [0.5, 0.6) is 0 Å². The van der Waals surface area contributed by atoms with Crippen molar-refractivity contribution >= 4 is 38.4 Å². The van der Waals surface area contributed by atoms with Gasteiger partial charge in [-0.3, -0.25) is 4.98 Å². The number of hydrogen-bond donors (Lipinski definition) is 3. The van der Waals surface area contributed by atoms with E-state index in [2.05, 4.69) is 22.3 Å². The zero-order chi connectivity index (χ0) is 29.3. The van der Waals surface area contributed by atoms with E-state index in [0.717, 1.165) is 12.1 Å². The molecular weight excluding hydrogens is 589 g/mol. The number of hydrogen-bond acceptors (Lipinski definition) is 8. The van der Waals surface area contributed by atoms with E-state index in [9.17, 15) is 35.1 Å². The first-order chi connectivity index (χ1) is 18.6. The Labute approximate surface area is 236 Å². The molecule has 0 aliphatic carbocycles. The summed E-state index contributed by atoms with van der Waals surface area (Å²) in [6.45, 7) is 0.456. The summed E-state index contributed by atoms with van der Waals surface area (Å²) < 4.78 is 96.3. The largest absolute Gasteiger partial charge is 0.421 e. The van der Waals surface area contributed by atoms with E-state index >= 15 is 0 Å². The topological polar surface area (TPSA) is 120 Å². The summed E-state index contributed by atoms with van der Waals surface area (Å²) in [5.41, 5.74) is -3.01. The number of alkyl halides is 3. The molecule has 2 heterocycles. The van der Waals surface area contributed by atoms with Gasteiger partial charge in [0.25, 0.3) is 0 Å². The van der Waals surface area contributed by atoms with E-state index in [-0.39, 0.29) is 46.4 Å². The van der Waals surface area contributed by atoms with E-state index < -0.39 is 37.9 Å². The molecule has 0 unspecified atom stereocenters. The minimum atomic E-state index is -4.90. The molecule has 0 saturated carbocycles. The number of piperazine rings is 1. The number of sulfonamides is 2. The first-order valence-electron chi connectivity index (χ1n) is 12.0. The summed E-state index contributed by atoms with van der Waals surface area (Å²) in [5, 5.41) is 10.0. The number of pyridine rings is 1. The molecule has 9 nitrogen and oxygen atoms in total. The highest BCUT2D eigenvalue weighted by atomic mass is 32.2. The summed E-state index contributed by atoms with van der Waals surface area (Å²) in [6.07, 6.45) is -2.30. The Morgan fingerprint density at radius 2 is 1.70 bits per heavy atom. The fourth-order valence-corrected chi connectivity index (χ4v) is 7.40. The van der Waals surface area contributed by atoms with Crippen LogP contribution in [-0.4, -0.2) is 69.6 Å². The van der Waals surface area contributed by atoms with Crippen molar-refractivity contribution in [3.05, 3.63) is 78.6 Å². The van der Waals surface area contributed by atoms with Gasteiger partial charge in [0.05, 0.1) is 10.9 Å². The van der Waals surface area contributed by atoms with Crippen LogP contribution in [0.4, 0.5) is 18.9 Å². The second kappa shape index (κ2) is 11.3. The number of nitrogens with one attached hydrogen (secondary N) is 1. The minimum absolute atomic E-state index is 0.000194. The van der Waals surface area contributed by atoms with Crippen LogP contribution >= 0.6 is 12.6 Å². The lowest BCUT2D eigenvalue weighted by Crippen LogP contribution is -2.58. The molecule has 15 heteroatoms. The number of nitrogens with zero attached hydrogens (tertiary/aromatic N) is 3. The molecule has 0 radical (unpaired) electrons. The standard InChI is InChI=1S/C25H27F3N4O5S3/c1-24(33,25(26,27)28)18-8-10-19(11-9-18)32-14-13-31(40(36,37)23-7-3-2-6-22(23)38)17-20(32)15-30-39(34,35)21-5-4-12-29-16-21/h2-12,16,20,30,33,38H,13-15,17H2,1H3/t20-,24+/m0/s1. The van der Waals surface area contributed by atoms with Gasteiger partial charge < -0.3 is 10.0 Å². The van der Waals surface area contributed by atoms with E-state index in [1.54, 1.807) is 23.1 Å². The van der Waals surface area contributed by atoms with Crippen molar-refractivity contribution in [3.63, 3.8) is 0 Å². The fraction of sp³-hybridized carbons (Fsp3) is 0.320. The number of anilines is 1. The fourth-order valence-electron chi connectivity index (χ4n) is 4.31. The molecule has 2 aromatic carbocycles. The molecule has 4 rings (SSSR count). The van der Waals surface area contributed by atoms with E-state index in [0.29, 0.717) is 12.6 Å². The number of aliphatic hydroxyl groups is 1. The molecule has 216 valence electrons. The van der Waals surface area contributed by atoms with Crippen LogP contribution in [0.25, 0.3) is 0 Å². The molecule has 40 heavy (non-hydrogen) atoms. The molecule has 1 aliphatic rings. The van der Waals surface area contributed by atoms with Crippen LogP contribution in [0.3, 0.4) is 0 Å². The molecule has 2 atom stereocenters. The van der Waals surface area contributed by atoms with Crippen LogP contribution in [0.2, 0.25) is 0 Å². The van der Waals surface area contributed by atoms with Crippen LogP contribution < -0.4 is 9.62 Å². The molecule has 0 amide bonds. The van der Waals surface area contributed by atoms with Gasteiger partial charge in [0.15, 0.2) is 5.60 Å². The van der Waals surface area contributed by atoms with Crippen molar-refractivity contribution in [2.24, 2.45) is 0 Å². The Kier molecular flexibility index (Phi) is 8.55. The highest BCUT2D eigenvalue weighted by molar-refractivity contribution is 7.90. The normalized spacial score (nSPS) is 18.9. The third kappa shape index (κ3) is 6.14. The highest BCUT2D eigenvalue weighted by Gasteiger charge is 2.51. The van der Waals surface area contributed by atoms with Crippen molar-refractivity contribution in [3.8, 4) is 0 Å². The Morgan fingerprint density at radius 1 is 1.02 bits per heavy atom. The molecule has 1 aliphatic heterocycles. The average Bonchev–Trinajstić information content (AvgIpc) is 2.92. The van der Waals surface area contributed by atoms with E-state index in [1.165, 1.54) is 47.0 Å². The lowest BCUT2D eigenvalue weighted by molar-refractivity contribution is -0.258. The third-order valence-electron chi connectivity index (χ3n) is 6.70. The summed E-state index contributed by atoms with van der Waals surface area (Å²) >= 11 is 4.27. The molecule has 1 saturated heterocycles. The van der Waals surface area contributed by atoms with Crippen LogP contribution in [0, 0.1) is 0 Å². The summed E-state index contributed by atoms with van der Waals surface area (Å²) in [6, 6.07) is 13.3. The third-order valence-corrected chi connectivity index (χ3v) is 10.6. The van der Waals surface area contributed by atoms with Gasteiger partial charge in [-0.05, 0) is 48.9 Å². The smallest absolute Gasteiger partial charge is 0.376 e. The monoisotopic (exact) mass is 616 g/mol. The van der Waals surface area contributed by atoms with Gasteiger partial charge in [0.2, 0.25) is 20.0 Å². The quantitative estimate of drug-likeness (QED) is 0.333. The Morgan fingerprint density at radius 3 is 2.30 bits per heavy atom. The highest BCUT2D eigenvalue weighted by Crippen LogP contribution is 2.39. The summed E-state index contributed by atoms with van der Waals surface area (Å²) in [4.78, 5) is 5.71. The molecule has 0 spiro atoms. The predicted molar refractivity (Wildman–Crippen MR) is 145 cm³/mol. The zero-order valence-electron chi connectivity index (χ0n) is 21.2. The first kappa shape index (κ1) is 30.3. The number of thiol groups is 1. The number of halogens is 3. The second-order valence-corrected chi connectivity index (χ2v) is 13.5. The van der Waals surface area contributed by atoms with Gasteiger partial charge >= 0.3 is 6.18 Å².